The summed E-state index contributed by atoms with van der Waals surface area (Å²) < 4.78 is 0. The average Bonchev–Trinajstić information content (AvgIpc) is 2.73. The van der Waals surface area contributed by atoms with Crippen LogP contribution in [-0.2, 0) is 32.5 Å². The summed E-state index contributed by atoms with van der Waals surface area (Å²) in [7, 11) is 1.91. The van der Waals surface area contributed by atoms with Gasteiger partial charge in [-0.15, -0.1) is 31.7 Å². The van der Waals surface area contributed by atoms with E-state index in [-0.39, 0.29) is 57.4 Å². The summed E-state index contributed by atoms with van der Waals surface area (Å²) in [4.78, 5) is 0. The van der Waals surface area contributed by atoms with E-state index in [1.165, 1.54) is 27.5 Å². The molecule has 1 atom stereocenters. The molecule has 173 valence electrons. The Morgan fingerprint density at radius 1 is 0.900 bits per heavy atom. The Hall–Kier alpha value is 0.228. The molecule has 1 N–H and O–H groups in total. The molecule has 0 aliphatic heterocycles. The minimum absolute atomic E-state index is 0. The third kappa shape index (κ3) is 12.9. The molecule has 1 aliphatic carbocycles. The van der Waals surface area contributed by atoms with Crippen molar-refractivity contribution in [1.82, 2.24) is 0 Å². The smallest absolute Gasteiger partial charge is 0.116 e. The SMILES string of the molecule is CC(C)(C)c1cc(O)cc(C(C)(C)C)c1.CC1=C(C)C(C)[C-]=C1[SiH3].C[SiH]C.Cl.Cl.[Ti]. The molecule has 0 bridgehead atoms. The van der Waals surface area contributed by atoms with Gasteiger partial charge in [0.15, 0.2) is 0 Å². The standard InChI is InChI=1S/C14H22O.C8H13Si.C2H7Si.2ClH.Ti/c1-13(2,3)10-7-11(14(4,5)6)9-12(15)8-10;1-5-4-8(9)7(3)6(5)2;1-3-2;;;/h7-9,15H,1-6H3;5H,1-3,9H3;3H,1-2H3;2*1H;/q;-1;;;;. The van der Waals surface area contributed by atoms with Gasteiger partial charge in [-0.05, 0) is 44.3 Å². The predicted octanol–water partition coefficient (Wildman–Crippen LogP) is 6.37. The van der Waals surface area contributed by atoms with Crippen LogP contribution >= 0.6 is 24.8 Å². The largest absolute Gasteiger partial charge is 0.508 e. The molecule has 2 rings (SSSR count). The Morgan fingerprint density at radius 3 is 1.40 bits per heavy atom. The summed E-state index contributed by atoms with van der Waals surface area (Å²) in [5.74, 6) is 0.963. The van der Waals surface area contributed by atoms with Crippen LogP contribution in [0.25, 0.3) is 0 Å². The van der Waals surface area contributed by atoms with Gasteiger partial charge in [-0.1, -0.05) is 80.5 Å². The molecule has 6 heteroatoms. The fraction of sp³-hybridized carbons (Fsp3) is 0.583. The van der Waals surface area contributed by atoms with Gasteiger partial charge >= 0.3 is 0 Å². The van der Waals surface area contributed by atoms with Crippen molar-refractivity contribution >= 4 is 44.6 Å². The minimum Gasteiger partial charge on any atom is -0.508 e. The van der Waals surface area contributed by atoms with Gasteiger partial charge in [-0.2, -0.15) is 5.57 Å². The Bertz CT molecular complexity index is 655. The van der Waals surface area contributed by atoms with Crippen molar-refractivity contribution in [2.45, 2.75) is 86.2 Å². The van der Waals surface area contributed by atoms with Crippen LogP contribution in [0.2, 0.25) is 13.1 Å². The number of phenols is 1. The normalized spacial score (nSPS) is 15.3. The van der Waals surface area contributed by atoms with E-state index >= 15 is 0 Å². The molecular weight excluding hydrogens is 479 g/mol. The number of hydrogen-bond donors (Lipinski definition) is 1. The predicted molar refractivity (Wildman–Crippen MR) is 143 cm³/mol. The van der Waals surface area contributed by atoms with Crippen molar-refractivity contribution < 1.29 is 26.8 Å². The zero-order chi connectivity index (χ0) is 21.6. The Labute approximate surface area is 219 Å². The molecular formula is C24H44Cl2OSi2Ti-. The van der Waals surface area contributed by atoms with Crippen molar-refractivity contribution in [2.75, 3.05) is 0 Å². The van der Waals surface area contributed by atoms with Crippen molar-refractivity contribution in [3.63, 3.8) is 0 Å². The van der Waals surface area contributed by atoms with Crippen LogP contribution in [0.15, 0.2) is 34.5 Å². The van der Waals surface area contributed by atoms with E-state index in [1.54, 1.807) is 0 Å². The third-order valence-electron chi connectivity index (χ3n) is 4.89. The van der Waals surface area contributed by atoms with Gasteiger partial charge in [-0.25, -0.2) is 10.8 Å². The van der Waals surface area contributed by atoms with E-state index in [1.807, 2.05) is 12.1 Å². The summed E-state index contributed by atoms with van der Waals surface area (Å²) in [6.45, 7) is 24.0. The molecule has 30 heavy (non-hydrogen) atoms. The van der Waals surface area contributed by atoms with Crippen LogP contribution in [-0.4, -0.2) is 24.9 Å². The number of hydrogen-bond acceptors (Lipinski definition) is 1. The molecule has 0 aromatic heterocycles. The van der Waals surface area contributed by atoms with Crippen molar-refractivity contribution in [2.24, 2.45) is 5.92 Å². The van der Waals surface area contributed by atoms with E-state index in [2.05, 4.69) is 87.6 Å². The molecule has 0 saturated carbocycles. The van der Waals surface area contributed by atoms with Gasteiger partial charge in [0.05, 0.1) is 0 Å². The molecule has 1 aromatic carbocycles. The van der Waals surface area contributed by atoms with E-state index < -0.39 is 0 Å². The van der Waals surface area contributed by atoms with E-state index in [9.17, 15) is 5.11 Å². The summed E-state index contributed by atoms with van der Waals surface area (Å²) in [5, 5.41) is 11.2. The summed E-state index contributed by atoms with van der Waals surface area (Å²) >= 11 is 0. The molecule has 0 amide bonds. The van der Waals surface area contributed by atoms with Crippen LogP contribution in [0.1, 0.15) is 73.4 Å². The van der Waals surface area contributed by atoms with Gasteiger partial charge in [0.2, 0.25) is 0 Å². The fourth-order valence-corrected chi connectivity index (χ4v) is 3.47. The summed E-state index contributed by atoms with van der Waals surface area (Å²) in [5.41, 5.74) is 5.55. The fourth-order valence-electron chi connectivity index (χ4n) is 2.64. The zero-order valence-electron chi connectivity index (χ0n) is 21.2. The maximum absolute atomic E-state index is 9.72. The van der Waals surface area contributed by atoms with Crippen molar-refractivity contribution in [1.29, 1.82) is 0 Å². The summed E-state index contributed by atoms with van der Waals surface area (Å²) in [6.07, 6.45) is 3.42. The molecule has 1 nitrogen and oxygen atoms in total. The molecule has 1 radical (unpaired) electrons. The van der Waals surface area contributed by atoms with Gasteiger partial charge in [0.1, 0.15) is 5.75 Å². The first-order valence-electron chi connectivity index (χ1n) is 10.0. The monoisotopic (exact) mass is 522 g/mol. The van der Waals surface area contributed by atoms with Crippen LogP contribution in [0.3, 0.4) is 0 Å². The molecule has 0 spiro atoms. The first-order chi connectivity index (χ1) is 12.1. The first kappa shape index (κ1) is 37.5. The number of rotatable bonds is 0. The van der Waals surface area contributed by atoms with Gasteiger partial charge in [-0.3, -0.25) is 6.08 Å². The number of phenolic OH excluding ortho intramolecular Hbond substituents is 1. The second-order valence-corrected chi connectivity index (χ2v) is 11.8. The molecule has 1 unspecified atom stereocenters. The topological polar surface area (TPSA) is 20.2 Å². The molecule has 1 aliphatic rings. The summed E-state index contributed by atoms with van der Waals surface area (Å²) in [6, 6.07) is 5.91. The van der Waals surface area contributed by atoms with E-state index in [4.69, 9.17) is 0 Å². The maximum atomic E-state index is 9.72. The van der Waals surface area contributed by atoms with Crippen LogP contribution < -0.4 is 0 Å². The van der Waals surface area contributed by atoms with E-state index in [0.29, 0.717) is 11.7 Å². The van der Waals surface area contributed by atoms with Gasteiger partial charge < -0.3 is 5.11 Å². The molecule has 1 aromatic rings. The molecule has 0 saturated heterocycles. The van der Waals surface area contributed by atoms with Crippen molar-refractivity contribution in [3.05, 3.63) is 51.7 Å². The van der Waals surface area contributed by atoms with Crippen LogP contribution in [0, 0.1) is 12.0 Å². The van der Waals surface area contributed by atoms with E-state index in [0.717, 1.165) is 19.8 Å². The first-order valence-corrected chi connectivity index (χ1v) is 13.3. The number of benzene rings is 1. The molecule has 0 heterocycles. The Morgan fingerprint density at radius 2 is 1.23 bits per heavy atom. The van der Waals surface area contributed by atoms with Gasteiger partial charge in [0, 0.05) is 31.2 Å². The number of halogens is 2. The average molecular weight is 524 g/mol. The molecule has 0 fully saturated rings. The third-order valence-corrected chi connectivity index (χ3v) is 5.93. The quantitative estimate of drug-likeness (QED) is 0.310. The van der Waals surface area contributed by atoms with Crippen LogP contribution in [0.5, 0.6) is 5.75 Å². The van der Waals surface area contributed by atoms with Crippen molar-refractivity contribution in [3.8, 4) is 5.75 Å². The number of aromatic hydroxyl groups is 1. The van der Waals surface area contributed by atoms with Gasteiger partial charge in [0.25, 0.3) is 0 Å². The minimum atomic E-state index is 0. The van der Waals surface area contributed by atoms with Crippen LogP contribution in [0.4, 0.5) is 0 Å². The zero-order valence-corrected chi connectivity index (χ0v) is 27.5. The second-order valence-electron chi connectivity index (χ2n) is 9.64. The number of allylic oxidation sites excluding steroid dienone is 4. The maximum Gasteiger partial charge on any atom is 0.116 e. The Balaban J connectivity index is -0.000000195. The second kappa shape index (κ2) is 15.9. The Kier molecular flexibility index (Phi) is 19.9.